The van der Waals surface area contributed by atoms with Gasteiger partial charge in [0.1, 0.15) is 5.82 Å². The van der Waals surface area contributed by atoms with E-state index in [4.69, 9.17) is 0 Å². The van der Waals surface area contributed by atoms with Crippen LogP contribution >= 0.6 is 0 Å². The SMILES string of the molecule is CC(C)n1nc(C(=O)NCc2nnc3n2CCCCC3)c2ccccc2c1=O. The van der Waals surface area contributed by atoms with Gasteiger partial charge in [0.25, 0.3) is 11.5 Å². The van der Waals surface area contributed by atoms with Crippen LogP contribution in [0.15, 0.2) is 29.1 Å². The van der Waals surface area contributed by atoms with E-state index in [2.05, 4.69) is 25.2 Å². The highest BCUT2D eigenvalue weighted by Crippen LogP contribution is 2.16. The molecular weight excluding hydrogens is 356 g/mol. The lowest BCUT2D eigenvalue weighted by atomic mass is 10.1. The summed E-state index contributed by atoms with van der Waals surface area (Å²) in [5.41, 5.74) is 0.0597. The first-order valence-corrected chi connectivity index (χ1v) is 9.77. The Morgan fingerprint density at radius 1 is 1.14 bits per heavy atom. The normalized spacial score (nSPS) is 14.1. The van der Waals surface area contributed by atoms with Gasteiger partial charge in [0.2, 0.25) is 0 Å². The fourth-order valence-corrected chi connectivity index (χ4v) is 3.64. The maximum atomic E-state index is 12.9. The number of nitrogens with zero attached hydrogens (tertiary/aromatic N) is 5. The first-order chi connectivity index (χ1) is 13.6. The van der Waals surface area contributed by atoms with Crippen molar-refractivity contribution in [2.45, 2.75) is 58.7 Å². The van der Waals surface area contributed by atoms with Crippen LogP contribution in [0.2, 0.25) is 0 Å². The second-order valence-electron chi connectivity index (χ2n) is 7.42. The second kappa shape index (κ2) is 7.53. The molecule has 1 aromatic carbocycles. The highest BCUT2D eigenvalue weighted by Gasteiger charge is 2.19. The summed E-state index contributed by atoms with van der Waals surface area (Å²) < 4.78 is 3.47. The van der Waals surface area contributed by atoms with Crippen molar-refractivity contribution in [2.24, 2.45) is 0 Å². The molecule has 1 N–H and O–H groups in total. The molecule has 1 amide bonds. The minimum Gasteiger partial charge on any atom is -0.343 e. The van der Waals surface area contributed by atoms with Crippen LogP contribution in [-0.4, -0.2) is 30.5 Å². The van der Waals surface area contributed by atoms with Crippen LogP contribution in [-0.2, 0) is 19.5 Å². The number of hydrogen-bond donors (Lipinski definition) is 1. The Morgan fingerprint density at radius 2 is 1.93 bits per heavy atom. The van der Waals surface area contributed by atoms with Crippen molar-refractivity contribution in [3.63, 3.8) is 0 Å². The van der Waals surface area contributed by atoms with E-state index in [-0.39, 0.29) is 29.7 Å². The van der Waals surface area contributed by atoms with Crippen LogP contribution in [0.3, 0.4) is 0 Å². The second-order valence-corrected chi connectivity index (χ2v) is 7.42. The van der Waals surface area contributed by atoms with Crippen molar-refractivity contribution in [3.05, 3.63) is 52.0 Å². The average Bonchev–Trinajstić information content (AvgIpc) is 2.92. The molecule has 2 aromatic heterocycles. The van der Waals surface area contributed by atoms with Crippen LogP contribution in [0.5, 0.6) is 0 Å². The number of aryl methyl sites for hydroxylation is 1. The highest BCUT2D eigenvalue weighted by atomic mass is 16.2. The predicted octanol–water partition coefficient (Wildman–Crippen LogP) is 2.23. The smallest absolute Gasteiger partial charge is 0.274 e. The van der Waals surface area contributed by atoms with Crippen molar-refractivity contribution in [1.29, 1.82) is 0 Å². The van der Waals surface area contributed by atoms with Crippen LogP contribution in [0.4, 0.5) is 0 Å². The number of benzene rings is 1. The van der Waals surface area contributed by atoms with Crippen LogP contribution in [0.25, 0.3) is 10.8 Å². The molecule has 28 heavy (non-hydrogen) atoms. The minimum absolute atomic E-state index is 0.143. The predicted molar refractivity (Wildman–Crippen MR) is 105 cm³/mol. The van der Waals surface area contributed by atoms with Crippen molar-refractivity contribution < 1.29 is 4.79 Å². The fourth-order valence-electron chi connectivity index (χ4n) is 3.64. The number of amides is 1. The maximum absolute atomic E-state index is 12.9. The van der Waals surface area contributed by atoms with Gasteiger partial charge in [-0.05, 0) is 32.8 Å². The van der Waals surface area contributed by atoms with Gasteiger partial charge < -0.3 is 9.88 Å². The number of fused-ring (bicyclic) bond motifs is 2. The lowest BCUT2D eigenvalue weighted by Crippen LogP contribution is -2.32. The molecule has 0 atom stereocenters. The summed E-state index contributed by atoms with van der Waals surface area (Å²) >= 11 is 0. The summed E-state index contributed by atoms with van der Waals surface area (Å²) in [4.78, 5) is 25.6. The molecule has 0 fully saturated rings. The van der Waals surface area contributed by atoms with E-state index in [0.717, 1.165) is 37.5 Å². The third kappa shape index (κ3) is 3.30. The number of hydrogen-bond acceptors (Lipinski definition) is 5. The molecule has 0 bridgehead atoms. The summed E-state index contributed by atoms with van der Waals surface area (Å²) in [5.74, 6) is 1.42. The Hall–Kier alpha value is -3.03. The fraction of sp³-hybridized carbons (Fsp3) is 0.450. The van der Waals surface area contributed by atoms with Gasteiger partial charge in [-0.15, -0.1) is 10.2 Å². The lowest BCUT2D eigenvalue weighted by Gasteiger charge is -2.13. The molecule has 0 radical (unpaired) electrons. The van der Waals surface area contributed by atoms with Crippen molar-refractivity contribution >= 4 is 16.7 Å². The average molecular weight is 380 g/mol. The number of nitrogens with one attached hydrogen (secondary N) is 1. The summed E-state index contributed by atoms with van der Waals surface area (Å²) in [7, 11) is 0. The van der Waals surface area contributed by atoms with Crippen molar-refractivity contribution in [1.82, 2.24) is 29.9 Å². The van der Waals surface area contributed by atoms with E-state index in [9.17, 15) is 9.59 Å². The summed E-state index contributed by atoms with van der Waals surface area (Å²) in [6, 6.07) is 6.94. The van der Waals surface area contributed by atoms with Gasteiger partial charge in [-0.1, -0.05) is 24.6 Å². The van der Waals surface area contributed by atoms with E-state index < -0.39 is 0 Å². The van der Waals surface area contributed by atoms with Gasteiger partial charge in [0.05, 0.1) is 18.0 Å². The molecule has 0 unspecified atom stereocenters. The summed E-state index contributed by atoms with van der Waals surface area (Å²) in [6.07, 6.45) is 4.32. The molecule has 3 heterocycles. The number of rotatable bonds is 4. The zero-order valence-corrected chi connectivity index (χ0v) is 16.2. The van der Waals surface area contributed by atoms with E-state index in [1.54, 1.807) is 24.3 Å². The third-order valence-electron chi connectivity index (χ3n) is 5.13. The van der Waals surface area contributed by atoms with Gasteiger partial charge in [0.15, 0.2) is 11.5 Å². The first-order valence-electron chi connectivity index (χ1n) is 9.77. The van der Waals surface area contributed by atoms with Gasteiger partial charge in [-0.2, -0.15) is 5.10 Å². The molecule has 0 saturated carbocycles. The van der Waals surface area contributed by atoms with Crippen LogP contribution in [0, 0.1) is 0 Å². The highest BCUT2D eigenvalue weighted by molar-refractivity contribution is 6.04. The molecule has 0 spiro atoms. The topological polar surface area (TPSA) is 94.7 Å². The standard InChI is InChI=1S/C20H24N6O2/c1-13(2)26-20(28)15-9-6-5-8-14(15)18(24-26)19(27)21-12-17-23-22-16-10-4-3-7-11-25(16)17/h5-6,8-9,13H,3-4,7,10-12H2,1-2H3,(H,21,27). The molecule has 8 nitrogen and oxygen atoms in total. The number of aromatic nitrogens is 5. The largest absolute Gasteiger partial charge is 0.343 e. The lowest BCUT2D eigenvalue weighted by molar-refractivity contribution is 0.0943. The van der Waals surface area contributed by atoms with E-state index >= 15 is 0 Å². The maximum Gasteiger partial charge on any atom is 0.274 e. The molecule has 0 saturated heterocycles. The number of carbonyl (C=O) groups is 1. The monoisotopic (exact) mass is 380 g/mol. The Balaban J connectivity index is 1.64. The Labute approximate surface area is 162 Å². The molecule has 3 aromatic rings. The first kappa shape index (κ1) is 18.3. The molecule has 1 aliphatic heterocycles. The molecule has 4 rings (SSSR count). The Bertz CT molecular complexity index is 1080. The molecular formula is C20H24N6O2. The third-order valence-corrected chi connectivity index (χ3v) is 5.13. The molecule has 1 aliphatic rings. The number of carbonyl (C=O) groups excluding carboxylic acids is 1. The zero-order valence-electron chi connectivity index (χ0n) is 16.2. The van der Waals surface area contributed by atoms with E-state index in [0.29, 0.717) is 10.8 Å². The van der Waals surface area contributed by atoms with Gasteiger partial charge in [-0.3, -0.25) is 9.59 Å². The van der Waals surface area contributed by atoms with Crippen LogP contribution < -0.4 is 10.9 Å². The molecule has 146 valence electrons. The van der Waals surface area contributed by atoms with Crippen LogP contribution in [0.1, 0.15) is 61.3 Å². The molecule has 0 aliphatic carbocycles. The van der Waals surface area contributed by atoms with Gasteiger partial charge in [-0.25, -0.2) is 4.68 Å². The Kier molecular flexibility index (Phi) is 4.93. The van der Waals surface area contributed by atoms with E-state index in [1.807, 2.05) is 13.8 Å². The summed E-state index contributed by atoms with van der Waals surface area (Å²) in [6.45, 7) is 4.90. The van der Waals surface area contributed by atoms with Gasteiger partial charge in [0, 0.05) is 18.4 Å². The minimum atomic E-state index is -0.323. The Morgan fingerprint density at radius 3 is 2.71 bits per heavy atom. The summed E-state index contributed by atoms with van der Waals surface area (Å²) in [5, 5.41) is 16.8. The molecule has 8 heteroatoms. The quantitative estimate of drug-likeness (QED) is 0.749. The van der Waals surface area contributed by atoms with Gasteiger partial charge >= 0.3 is 0 Å². The zero-order chi connectivity index (χ0) is 19.7. The van der Waals surface area contributed by atoms with Crippen molar-refractivity contribution in [3.8, 4) is 0 Å². The van der Waals surface area contributed by atoms with Crippen molar-refractivity contribution in [2.75, 3.05) is 0 Å². The van der Waals surface area contributed by atoms with E-state index in [1.165, 1.54) is 11.1 Å².